The number of carbonyl (C=O) groups is 1. The summed E-state index contributed by atoms with van der Waals surface area (Å²) in [6.07, 6.45) is -4.88. The second-order valence-electron chi connectivity index (χ2n) is 4.24. The zero-order valence-electron chi connectivity index (χ0n) is 8.97. The van der Waals surface area contributed by atoms with Crippen molar-refractivity contribution in [3.05, 3.63) is 11.1 Å². The molecule has 1 rings (SSSR count). The van der Waals surface area contributed by atoms with Gasteiger partial charge in [0.15, 0.2) is 5.13 Å². The Balaban J connectivity index is 2.78. The van der Waals surface area contributed by atoms with Crippen LogP contribution in [-0.4, -0.2) is 17.1 Å². The predicted molar refractivity (Wildman–Crippen MR) is 55.5 cm³/mol. The Morgan fingerprint density at radius 2 is 1.94 bits per heavy atom. The Kier molecular flexibility index (Phi) is 3.27. The summed E-state index contributed by atoms with van der Waals surface area (Å²) >= 11 is 0.978. The van der Waals surface area contributed by atoms with Crippen molar-refractivity contribution < 1.29 is 18.0 Å². The maximum Gasteiger partial charge on any atom is 0.471 e. The lowest BCUT2D eigenvalue weighted by molar-refractivity contribution is -0.167. The topological polar surface area (TPSA) is 42.0 Å². The average molecular weight is 252 g/mol. The number of aromatic nitrogens is 1. The Morgan fingerprint density at radius 1 is 1.38 bits per heavy atom. The van der Waals surface area contributed by atoms with Gasteiger partial charge >= 0.3 is 12.1 Å². The van der Waals surface area contributed by atoms with E-state index < -0.39 is 12.1 Å². The number of anilines is 1. The van der Waals surface area contributed by atoms with Crippen molar-refractivity contribution in [2.24, 2.45) is 0 Å². The highest BCUT2D eigenvalue weighted by atomic mass is 32.1. The van der Waals surface area contributed by atoms with E-state index in [1.54, 1.807) is 10.7 Å². The quantitative estimate of drug-likeness (QED) is 0.835. The number of nitrogens with one attached hydrogen (secondary N) is 1. The van der Waals surface area contributed by atoms with Crippen LogP contribution in [0.2, 0.25) is 0 Å². The first-order chi connectivity index (χ1) is 7.10. The SMILES string of the molecule is CC(C)(C)c1csc(NC(=O)C(F)(F)F)n1. The third-order valence-electron chi connectivity index (χ3n) is 1.75. The molecule has 1 heterocycles. The molecule has 16 heavy (non-hydrogen) atoms. The van der Waals surface area contributed by atoms with Crippen molar-refractivity contribution in [2.75, 3.05) is 5.32 Å². The van der Waals surface area contributed by atoms with E-state index in [0.29, 0.717) is 5.69 Å². The smallest absolute Gasteiger partial charge is 0.294 e. The molecule has 0 aromatic carbocycles. The Labute approximate surface area is 94.7 Å². The van der Waals surface area contributed by atoms with Gasteiger partial charge in [0.2, 0.25) is 0 Å². The third kappa shape index (κ3) is 3.19. The molecule has 1 aromatic heterocycles. The largest absolute Gasteiger partial charge is 0.471 e. The summed E-state index contributed by atoms with van der Waals surface area (Å²) in [5, 5.41) is 3.31. The lowest BCUT2D eigenvalue weighted by Crippen LogP contribution is -2.29. The summed E-state index contributed by atoms with van der Waals surface area (Å²) in [6.45, 7) is 5.66. The second-order valence-corrected chi connectivity index (χ2v) is 5.10. The van der Waals surface area contributed by atoms with Crippen LogP contribution >= 0.6 is 11.3 Å². The molecule has 0 fully saturated rings. The van der Waals surface area contributed by atoms with Gasteiger partial charge in [-0.1, -0.05) is 20.8 Å². The first-order valence-corrected chi connectivity index (χ1v) is 5.33. The van der Waals surface area contributed by atoms with Crippen molar-refractivity contribution in [2.45, 2.75) is 32.4 Å². The minimum Gasteiger partial charge on any atom is -0.294 e. The van der Waals surface area contributed by atoms with Gasteiger partial charge < -0.3 is 0 Å². The Morgan fingerprint density at radius 3 is 2.31 bits per heavy atom. The van der Waals surface area contributed by atoms with Crippen LogP contribution in [0, 0.1) is 0 Å². The molecule has 0 aliphatic carbocycles. The summed E-state index contributed by atoms with van der Waals surface area (Å²) in [5.41, 5.74) is 0.396. The molecular weight excluding hydrogens is 241 g/mol. The van der Waals surface area contributed by atoms with Crippen LogP contribution in [0.3, 0.4) is 0 Å². The molecule has 0 spiro atoms. The molecule has 90 valence electrons. The minimum atomic E-state index is -4.88. The Hall–Kier alpha value is -1.11. The maximum absolute atomic E-state index is 11.9. The number of nitrogens with zero attached hydrogens (tertiary/aromatic N) is 1. The fourth-order valence-electron chi connectivity index (χ4n) is 0.844. The summed E-state index contributed by atoms with van der Waals surface area (Å²) < 4.78 is 35.8. The van der Waals surface area contributed by atoms with Crippen molar-refractivity contribution in [3.8, 4) is 0 Å². The minimum absolute atomic E-state index is 0.0350. The lowest BCUT2D eigenvalue weighted by Gasteiger charge is -2.14. The molecule has 0 unspecified atom stereocenters. The highest BCUT2D eigenvalue weighted by Crippen LogP contribution is 2.27. The summed E-state index contributed by atoms with van der Waals surface area (Å²) in [5.74, 6) is -2.00. The van der Waals surface area contributed by atoms with Crippen LogP contribution in [-0.2, 0) is 10.2 Å². The number of halogens is 3. The monoisotopic (exact) mass is 252 g/mol. The van der Waals surface area contributed by atoms with Crippen molar-refractivity contribution in [1.82, 2.24) is 4.98 Å². The molecule has 1 aromatic rings. The first-order valence-electron chi connectivity index (χ1n) is 4.45. The molecule has 3 nitrogen and oxygen atoms in total. The highest BCUT2D eigenvalue weighted by Gasteiger charge is 2.39. The van der Waals surface area contributed by atoms with Crippen LogP contribution in [0.25, 0.3) is 0 Å². The number of amides is 1. The van der Waals surface area contributed by atoms with Gasteiger partial charge in [0.05, 0.1) is 5.69 Å². The highest BCUT2D eigenvalue weighted by molar-refractivity contribution is 7.13. The van der Waals surface area contributed by atoms with E-state index in [2.05, 4.69) is 4.98 Å². The molecule has 0 bridgehead atoms. The van der Waals surface area contributed by atoms with E-state index >= 15 is 0 Å². The summed E-state index contributed by atoms with van der Waals surface area (Å²) in [7, 11) is 0. The third-order valence-corrected chi connectivity index (χ3v) is 2.51. The predicted octanol–water partition coefficient (Wildman–Crippen LogP) is 2.94. The molecule has 7 heteroatoms. The molecule has 0 radical (unpaired) electrons. The van der Waals surface area contributed by atoms with Crippen LogP contribution in [0.5, 0.6) is 0 Å². The van der Waals surface area contributed by atoms with Gasteiger partial charge in [-0.3, -0.25) is 10.1 Å². The van der Waals surface area contributed by atoms with Crippen LogP contribution < -0.4 is 5.32 Å². The fraction of sp³-hybridized carbons (Fsp3) is 0.556. The van der Waals surface area contributed by atoms with E-state index in [-0.39, 0.29) is 10.5 Å². The van der Waals surface area contributed by atoms with Crippen molar-refractivity contribution >= 4 is 22.4 Å². The number of rotatable bonds is 1. The zero-order chi connectivity index (χ0) is 12.6. The van der Waals surface area contributed by atoms with Gasteiger partial charge in [-0.15, -0.1) is 11.3 Å². The zero-order valence-corrected chi connectivity index (χ0v) is 9.79. The van der Waals surface area contributed by atoms with Gasteiger partial charge in [0.25, 0.3) is 0 Å². The van der Waals surface area contributed by atoms with Gasteiger partial charge in [-0.05, 0) is 0 Å². The van der Waals surface area contributed by atoms with Crippen LogP contribution in [0.1, 0.15) is 26.5 Å². The lowest BCUT2D eigenvalue weighted by atomic mass is 9.93. The van der Waals surface area contributed by atoms with Crippen LogP contribution in [0.4, 0.5) is 18.3 Å². The van der Waals surface area contributed by atoms with Crippen LogP contribution in [0.15, 0.2) is 5.38 Å². The Bertz CT molecular complexity index is 392. The van der Waals surface area contributed by atoms with E-state index in [9.17, 15) is 18.0 Å². The standard InChI is InChI=1S/C9H11F3N2OS/c1-8(2,3)5-4-16-7(13-5)14-6(15)9(10,11)12/h4H,1-3H3,(H,13,14,15). The molecule has 1 N–H and O–H groups in total. The molecule has 1 amide bonds. The van der Waals surface area contributed by atoms with Crippen molar-refractivity contribution in [3.63, 3.8) is 0 Å². The van der Waals surface area contributed by atoms with E-state index in [0.717, 1.165) is 11.3 Å². The molecule has 0 saturated carbocycles. The number of carbonyl (C=O) groups excluding carboxylic acids is 1. The molecular formula is C9H11F3N2OS. The average Bonchev–Trinajstić information content (AvgIpc) is 2.49. The number of hydrogen-bond acceptors (Lipinski definition) is 3. The van der Waals surface area contributed by atoms with E-state index in [4.69, 9.17) is 0 Å². The number of alkyl halides is 3. The van der Waals surface area contributed by atoms with Gasteiger partial charge in [-0.2, -0.15) is 13.2 Å². The summed E-state index contributed by atoms with van der Waals surface area (Å²) in [4.78, 5) is 14.5. The molecule has 0 aliphatic heterocycles. The molecule has 0 atom stereocenters. The van der Waals surface area contributed by atoms with Crippen molar-refractivity contribution in [1.29, 1.82) is 0 Å². The second kappa shape index (κ2) is 4.04. The van der Waals surface area contributed by atoms with E-state index in [1.165, 1.54) is 0 Å². The van der Waals surface area contributed by atoms with Gasteiger partial charge in [-0.25, -0.2) is 4.98 Å². The molecule has 0 aliphatic rings. The molecule has 0 saturated heterocycles. The number of hydrogen-bond donors (Lipinski definition) is 1. The first kappa shape index (κ1) is 13.0. The fourth-order valence-corrected chi connectivity index (χ4v) is 1.78. The maximum atomic E-state index is 11.9. The van der Waals surface area contributed by atoms with Gasteiger partial charge in [0.1, 0.15) is 0 Å². The number of thiazole rings is 1. The summed E-state index contributed by atoms with van der Waals surface area (Å²) in [6, 6.07) is 0. The van der Waals surface area contributed by atoms with E-state index in [1.807, 2.05) is 20.8 Å². The van der Waals surface area contributed by atoms with Gasteiger partial charge in [0, 0.05) is 10.8 Å². The normalized spacial score (nSPS) is 12.6.